The average Bonchev–Trinajstić information content (AvgIpc) is 1.59. The fourth-order valence-electron chi connectivity index (χ4n) is 0.325. The van der Waals surface area contributed by atoms with Crippen molar-refractivity contribution in [1.29, 1.82) is 0 Å². The highest BCUT2D eigenvalue weighted by Gasteiger charge is 2.24. The molecule has 0 nitrogen and oxygen atoms in total. The molecule has 0 aromatic heterocycles. The third kappa shape index (κ3) is 5.82. The van der Waals surface area contributed by atoms with Crippen LogP contribution in [0.4, 0.5) is 8.22 Å². The molecule has 0 aliphatic rings. The zero-order valence-electron chi connectivity index (χ0n) is 5.12. The lowest BCUT2D eigenvalue weighted by molar-refractivity contribution is 0.618. The minimum absolute atomic E-state index is 0.0104. The summed E-state index contributed by atoms with van der Waals surface area (Å²) >= 11 is 0. The van der Waals surface area contributed by atoms with Gasteiger partial charge in [0.05, 0.1) is 0 Å². The van der Waals surface area contributed by atoms with Gasteiger partial charge in [0.15, 0.2) is 0 Å². The Morgan fingerprint density at radius 3 is 2.12 bits per heavy atom. The molecule has 0 N–H and O–H groups in total. The second-order valence-corrected chi connectivity index (χ2v) is 4.39. The van der Waals surface area contributed by atoms with E-state index in [-0.39, 0.29) is 6.04 Å². The number of halogens is 2. The standard InChI is InChI=1S/C5H10F2Si/c1-3-4-5-8(2,6)7/h3-4H,5H2,1-2H3/b4-3+. The van der Waals surface area contributed by atoms with Gasteiger partial charge in [-0.15, -0.1) is 0 Å². The molecule has 0 heterocycles. The van der Waals surface area contributed by atoms with Gasteiger partial charge in [-0.2, -0.15) is 0 Å². The highest BCUT2D eigenvalue weighted by atomic mass is 28.4. The Bertz CT molecular complexity index is 82.9. The highest BCUT2D eigenvalue weighted by molar-refractivity contribution is 6.65. The summed E-state index contributed by atoms with van der Waals surface area (Å²) in [7, 11) is -3.76. The first-order chi connectivity index (χ1) is 3.56. The van der Waals surface area contributed by atoms with E-state index < -0.39 is 8.74 Å². The smallest absolute Gasteiger partial charge is 0.270 e. The molecule has 8 heavy (non-hydrogen) atoms. The summed E-state index contributed by atoms with van der Waals surface area (Å²) in [6, 6.07) is -0.0104. The lowest BCUT2D eigenvalue weighted by Gasteiger charge is -1.98. The van der Waals surface area contributed by atoms with Crippen LogP contribution in [-0.2, 0) is 0 Å². The van der Waals surface area contributed by atoms with Gasteiger partial charge in [0.25, 0.3) is 0 Å². The first kappa shape index (κ1) is 7.82. The fraction of sp³-hybridized carbons (Fsp3) is 0.600. The van der Waals surface area contributed by atoms with Gasteiger partial charge in [0, 0.05) is 6.04 Å². The Balaban J connectivity index is 3.39. The van der Waals surface area contributed by atoms with Crippen molar-refractivity contribution in [2.45, 2.75) is 19.5 Å². The van der Waals surface area contributed by atoms with E-state index in [0.29, 0.717) is 0 Å². The molecule has 0 radical (unpaired) electrons. The van der Waals surface area contributed by atoms with Crippen molar-refractivity contribution in [3.63, 3.8) is 0 Å². The maximum absolute atomic E-state index is 12.0. The van der Waals surface area contributed by atoms with Crippen LogP contribution in [0.5, 0.6) is 0 Å². The molecule has 0 fully saturated rings. The number of rotatable bonds is 2. The van der Waals surface area contributed by atoms with Gasteiger partial charge in [0.2, 0.25) is 0 Å². The average molecular weight is 136 g/mol. The van der Waals surface area contributed by atoms with Crippen LogP contribution in [0.2, 0.25) is 12.6 Å². The van der Waals surface area contributed by atoms with Crippen LogP contribution in [0, 0.1) is 0 Å². The first-order valence-electron chi connectivity index (χ1n) is 2.55. The van der Waals surface area contributed by atoms with E-state index in [2.05, 4.69) is 0 Å². The lowest BCUT2D eigenvalue weighted by Crippen LogP contribution is -2.13. The van der Waals surface area contributed by atoms with Crippen LogP contribution in [0.15, 0.2) is 12.2 Å². The van der Waals surface area contributed by atoms with Gasteiger partial charge in [-0.05, 0) is 13.5 Å². The summed E-state index contributed by atoms with van der Waals surface area (Å²) < 4.78 is 24.0. The van der Waals surface area contributed by atoms with Crippen molar-refractivity contribution in [1.82, 2.24) is 0 Å². The first-order valence-corrected chi connectivity index (χ1v) is 5.01. The molecule has 0 spiro atoms. The third-order valence-electron chi connectivity index (χ3n) is 0.712. The molecule has 0 saturated heterocycles. The number of allylic oxidation sites excluding steroid dienone is 2. The van der Waals surface area contributed by atoms with Crippen LogP contribution in [0.3, 0.4) is 0 Å². The van der Waals surface area contributed by atoms with E-state index >= 15 is 0 Å². The monoisotopic (exact) mass is 136 g/mol. The Hall–Kier alpha value is -0.183. The summed E-state index contributed by atoms with van der Waals surface area (Å²) in [6.45, 7) is 2.80. The Kier molecular flexibility index (Phi) is 2.90. The Morgan fingerprint density at radius 1 is 1.50 bits per heavy atom. The van der Waals surface area contributed by atoms with Crippen LogP contribution >= 0.6 is 0 Å². The van der Waals surface area contributed by atoms with Crippen molar-refractivity contribution < 1.29 is 8.22 Å². The van der Waals surface area contributed by atoms with Crippen LogP contribution in [-0.4, -0.2) is 8.74 Å². The maximum Gasteiger partial charge on any atom is 0.425 e. The molecule has 48 valence electrons. The molecule has 3 heteroatoms. The van der Waals surface area contributed by atoms with Crippen molar-refractivity contribution in [2.24, 2.45) is 0 Å². The van der Waals surface area contributed by atoms with E-state index in [4.69, 9.17) is 0 Å². The summed E-state index contributed by atoms with van der Waals surface area (Å²) in [5, 5.41) is 0. The largest absolute Gasteiger partial charge is 0.425 e. The second-order valence-electron chi connectivity index (χ2n) is 1.84. The molecule has 0 atom stereocenters. The van der Waals surface area contributed by atoms with Gasteiger partial charge in [-0.1, -0.05) is 12.2 Å². The summed E-state index contributed by atoms with van der Waals surface area (Å²) in [6.07, 6.45) is 3.18. The minimum atomic E-state index is -3.76. The molecule has 0 aromatic rings. The minimum Gasteiger partial charge on any atom is -0.270 e. The predicted octanol–water partition coefficient (Wildman–Crippen LogP) is 2.57. The third-order valence-corrected chi connectivity index (χ3v) is 1.66. The van der Waals surface area contributed by atoms with Crippen molar-refractivity contribution in [3.05, 3.63) is 12.2 Å². The molecule has 0 aromatic carbocycles. The molecule has 0 aliphatic carbocycles. The van der Waals surface area contributed by atoms with Gasteiger partial charge in [-0.3, -0.25) is 8.22 Å². The van der Waals surface area contributed by atoms with E-state index in [1.807, 2.05) is 0 Å². The van der Waals surface area contributed by atoms with Crippen LogP contribution in [0.1, 0.15) is 6.92 Å². The zero-order chi connectivity index (χ0) is 6.62. The lowest BCUT2D eigenvalue weighted by atomic mass is 10.6. The number of hydrogen-bond donors (Lipinski definition) is 0. The molecule has 0 amide bonds. The van der Waals surface area contributed by atoms with E-state index in [1.54, 1.807) is 13.0 Å². The highest BCUT2D eigenvalue weighted by Crippen LogP contribution is 2.12. The maximum atomic E-state index is 12.0. The fourth-order valence-corrected chi connectivity index (χ4v) is 0.974. The van der Waals surface area contributed by atoms with Crippen molar-refractivity contribution >= 4 is 8.74 Å². The molecule has 0 unspecified atom stereocenters. The van der Waals surface area contributed by atoms with E-state index in [1.165, 1.54) is 6.08 Å². The van der Waals surface area contributed by atoms with Crippen molar-refractivity contribution in [3.8, 4) is 0 Å². The molecular weight excluding hydrogens is 126 g/mol. The SMILES string of the molecule is C/C=C/C[Si](C)(F)F. The normalized spacial score (nSPS) is 13.0. The Morgan fingerprint density at radius 2 is 2.00 bits per heavy atom. The predicted molar refractivity (Wildman–Crippen MR) is 33.5 cm³/mol. The Labute approximate surface area is 49.6 Å². The van der Waals surface area contributed by atoms with Crippen LogP contribution < -0.4 is 0 Å². The summed E-state index contributed by atoms with van der Waals surface area (Å²) in [5.74, 6) is 0. The molecular formula is C5H10F2Si. The zero-order valence-corrected chi connectivity index (χ0v) is 6.12. The number of hydrogen-bond acceptors (Lipinski definition) is 0. The van der Waals surface area contributed by atoms with E-state index in [0.717, 1.165) is 6.55 Å². The quantitative estimate of drug-likeness (QED) is 0.311. The summed E-state index contributed by atoms with van der Waals surface area (Å²) in [4.78, 5) is 0. The van der Waals surface area contributed by atoms with Gasteiger partial charge in [-0.25, -0.2) is 0 Å². The van der Waals surface area contributed by atoms with Gasteiger partial charge < -0.3 is 0 Å². The van der Waals surface area contributed by atoms with Gasteiger partial charge >= 0.3 is 8.74 Å². The molecule has 0 saturated carbocycles. The summed E-state index contributed by atoms with van der Waals surface area (Å²) in [5.41, 5.74) is 0. The molecule has 0 bridgehead atoms. The molecule has 0 rings (SSSR count). The van der Waals surface area contributed by atoms with Gasteiger partial charge in [0.1, 0.15) is 0 Å². The topological polar surface area (TPSA) is 0 Å². The van der Waals surface area contributed by atoms with E-state index in [9.17, 15) is 8.22 Å². The van der Waals surface area contributed by atoms with Crippen molar-refractivity contribution in [2.75, 3.05) is 0 Å². The second kappa shape index (κ2) is 2.97. The van der Waals surface area contributed by atoms with Crippen LogP contribution in [0.25, 0.3) is 0 Å². The molecule has 0 aliphatic heterocycles.